The molecular formula is C7H7N3S. The van der Waals surface area contributed by atoms with Crippen molar-refractivity contribution in [1.29, 1.82) is 0 Å². The van der Waals surface area contributed by atoms with E-state index in [1.807, 2.05) is 12.1 Å². The van der Waals surface area contributed by atoms with Gasteiger partial charge in [0.1, 0.15) is 11.8 Å². The lowest BCUT2D eigenvalue weighted by molar-refractivity contribution is 1.20. The van der Waals surface area contributed by atoms with E-state index in [0.29, 0.717) is 0 Å². The van der Waals surface area contributed by atoms with Crippen molar-refractivity contribution in [2.75, 3.05) is 0 Å². The minimum atomic E-state index is 0. The summed E-state index contributed by atoms with van der Waals surface area (Å²) in [6, 6.07) is 3.76. The van der Waals surface area contributed by atoms with Gasteiger partial charge in [-0.2, -0.15) is 13.5 Å². The van der Waals surface area contributed by atoms with Crippen molar-refractivity contribution in [3.63, 3.8) is 0 Å². The second kappa shape index (κ2) is 3.30. The predicted molar refractivity (Wildman–Crippen MR) is 47.7 cm³/mol. The SMILES string of the molecule is S.c1cnc2cncnc2c1. The van der Waals surface area contributed by atoms with E-state index in [4.69, 9.17) is 0 Å². The summed E-state index contributed by atoms with van der Waals surface area (Å²) in [5.74, 6) is 0. The second-order valence-electron chi connectivity index (χ2n) is 1.93. The van der Waals surface area contributed by atoms with E-state index < -0.39 is 0 Å². The van der Waals surface area contributed by atoms with Crippen molar-refractivity contribution in [2.45, 2.75) is 0 Å². The van der Waals surface area contributed by atoms with E-state index in [-0.39, 0.29) is 13.5 Å². The maximum Gasteiger partial charge on any atom is 0.116 e. The summed E-state index contributed by atoms with van der Waals surface area (Å²) in [5, 5.41) is 0. The highest BCUT2D eigenvalue weighted by Crippen LogP contribution is 2.02. The van der Waals surface area contributed by atoms with E-state index in [1.165, 1.54) is 6.33 Å². The standard InChI is InChI=1S/C7H5N3.H2S/c1-2-6-7(9-3-1)4-8-5-10-6;/h1-5H;1H2. The predicted octanol–water partition coefficient (Wildman–Crippen LogP) is 1.14. The number of hydrogen-bond acceptors (Lipinski definition) is 3. The molecule has 56 valence electrons. The molecule has 0 aliphatic heterocycles. The molecule has 0 saturated heterocycles. The molecule has 0 saturated carbocycles. The maximum absolute atomic E-state index is 4.06. The number of nitrogens with zero attached hydrogens (tertiary/aromatic N) is 3. The van der Waals surface area contributed by atoms with Gasteiger partial charge in [-0.25, -0.2) is 9.97 Å². The zero-order valence-electron chi connectivity index (χ0n) is 5.73. The van der Waals surface area contributed by atoms with E-state index in [0.717, 1.165) is 11.0 Å². The highest BCUT2D eigenvalue weighted by molar-refractivity contribution is 7.59. The molecule has 3 nitrogen and oxygen atoms in total. The molecule has 0 spiro atoms. The van der Waals surface area contributed by atoms with Gasteiger partial charge in [0.25, 0.3) is 0 Å². The molecule has 2 heterocycles. The van der Waals surface area contributed by atoms with Gasteiger partial charge < -0.3 is 0 Å². The molecule has 0 amide bonds. The van der Waals surface area contributed by atoms with Gasteiger partial charge in [-0.3, -0.25) is 4.98 Å². The van der Waals surface area contributed by atoms with Crippen LogP contribution in [-0.2, 0) is 0 Å². The first kappa shape index (κ1) is 7.94. The zero-order chi connectivity index (χ0) is 6.81. The molecule has 2 rings (SSSR count). The summed E-state index contributed by atoms with van der Waals surface area (Å²) in [6.45, 7) is 0. The fraction of sp³-hybridized carbons (Fsp3) is 0. The number of pyridine rings is 1. The van der Waals surface area contributed by atoms with Gasteiger partial charge in [-0.15, -0.1) is 0 Å². The average molecular weight is 165 g/mol. The smallest absolute Gasteiger partial charge is 0.116 e. The van der Waals surface area contributed by atoms with Crippen molar-refractivity contribution in [3.8, 4) is 0 Å². The lowest BCUT2D eigenvalue weighted by Crippen LogP contribution is -1.81. The van der Waals surface area contributed by atoms with Crippen LogP contribution in [0, 0.1) is 0 Å². The average Bonchev–Trinajstić information content (AvgIpc) is 2.05. The van der Waals surface area contributed by atoms with Gasteiger partial charge in [0.15, 0.2) is 0 Å². The Morgan fingerprint density at radius 1 is 1.09 bits per heavy atom. The highest BCUT2D eigenvalue weighted by atomic mass is 32.1. The lowest BCUT2D eigenvalue weighted by atomic mass is 10.4. The Kier molecular flexibility index (Phi) is 2.38. The van der Waals surface area contributed by atoms with E-state index in [1.54, 1.807) is 12.4 Å². The normalized spacial score (nSPS) is 9.09. The molecule has 4 heteroatoms. The molecule has 0 bridgehead atoms. The third-order valence-electron chi connectivity index (χ3n) is 1.28. The summed E-state index contributed by atoms with van der Waals surface area (Å²) in [5.41, 5.74) is 1.72. The largest absolute Gasteiger partial charge is 0.253 e. The third kappa shape index (κ3) is 1.46. The zero-order valence-corrected chi connectivity index (χ0v) is 6.73. The molecule has 0 unspecified atom stereocenters. The van der Waals surface area contributed by atoms with Crippen LogP contribution in [0.2, 0.25) is 0 Å². The maximum atomic E-state index is 4.06. The topological polar surface area (TPSA) is 38.7 Å². The summed E-state index contributed by atoms with van der Waals surface area (Å²) in [7, 11) is 0. The first-order valence-corrected chi connectivity index (χ1v) is 2.97. The van der Waals surface area contributed by atoms with Gasteiger partial charge in [-0.05, 0) is 12.1 Å². The fourth-order valence-corrected chi connectivity index (χ4v) is 0.817. The van der Waals surface area contributed by atoms with Crippen molar-refractivity contribution in [2.24, 2.45) is 0 Å². The van der Waals surface area contributed by atoms with Gasteiger partial charge >= 0.3 is 0 Å². The lowest BCUT2D eigenvalue weighted by Gasteiger charge is -1.89. The summed E-state index contributed by atoms with van der Waals surface area (Å²) < 4.78 is 0. The van der Waals surface area contributed by atoms with Crippen molar-refractivity contribution < 1.29 is 0 Å². The number of aromatic nitrogens is 3. The fourth-order valence-electron chi connectivity index (χ4n) is 0.817. The number of hydrogen-bond donors (Lipinski definition) is 0. The highest BCUT2D eigenvalue weighted by Gasteiger charge is 1.89. The first-order valence-electron chi connectivity index (χ1n) is 2.97. The van der Waals surface area contributed by atoms with Crippen LogP contribution in [0.5, 0.6) is 0 Å². The molecule has 0 atom stereocenters. The molecule has 0 aliphatic carbocycles. The quantitative estimate of drug-likeness (QED) is 0.587. The molecule has 2 aromatic heterocycles. The van der Waals surface area contributed by atoms with Gasteiger partial charge in [0.05, 0.1) is 11.7 Å². The molecule has 2 aromatic rings. The third-order valence-corrected chi connectivity index (χ3v) is 1.28. The monoisotopic (exact) mass is 165 g/mol. The molecule has 0 N–H and O–H groups in total. The van der Waals surface area contributed by atoms with Crippen LogP contribution in [0.25, 0.3) is 11.0 Å². The molecular weight excluding hydrogens is 158 g/mol. The molecule has 0 aromatic carbocycles. The molecule has 0 fully saturated rings. The van der Waals surface area contributed by atoms with Gasteiger partial charge in [0.2, 0.25) is 0 Å². The van der Waals surface area contributed by atoms with Gasteiger partial charge in [0, 0.05) is 6.20 Å². The van der Waals surface area contributed by atoms with Crippen molar-refractivity contribution >= 4 is 24.5 Å². The van der Waals surface area contributed by atoms with E-state index in [2.05, 4.69) is 15.0 Å². The summed E-state index contributed by atoms with van der Waals surface area (Å²) >= 11 is 0. The van der Waals surface area contributed by atoms with Crippen LogP contribution < -0.4 is 0 Å². The Bertz CT molecular complexity index is 285. The van der Waals surface area contributed by atoms with E-state index in [9.17, 15) is 0 Å². The van der Waals surface area contributed by atoms with Crippen LogP contribution in [0.3, 0.4) is 0 Å². The number of fused-ring (bicyclic) bond motifs is 1. The summed E-state index contributed by atoms with van der Waals surface area (Å²) in [6.07, 6.45) is 4.94. The van der Waals surface area contributed by atoms with Crippen LogP contribution in [0.15, 0.2) is 30.9 Å². The van der Waals surface area contributed by atoms with Crippen LogP contribution >= 0.6 is 13.5 Å². The van der Waals surface area contributed by atoms with Gasteiger partial charge in [-0.1, -0.05) is 0 Å². The molecule has 0 aliphatic rings. The van der Waals surface area contributed by atoms with Crippen LogP contribution in [0.1, 0.15) is 0 Å². The Labute approximate surface area is 71.0 Å². The Hall–Kier alpha value is -1.16. The Morgan fingerprint density at radius 3 is 2.82 bits per heavy atom. The van der Waals surface area contributed by atoms with Crippen molar-refractivity contribution in [1.82, 2.24) is 15.0 Å². The molecule has 0 radical (unpaired) electrons. The first-order chi connectivity index (χ1) is 4.97. The summed E-state index contributed by atoms with van der Waals surface area (Å²) in [4.78, 5) is 11.9. The Balaban J connectivity index is 0.000000605. The van der Waals surface area contributed by atoms with Crippen LogP contribution in [-0.4, -0.2) is 15.0 Å². The van der Waals surface area contributed by atoms with Crippen LogP contribution in [0.4, 0.5) is 0 Å². The second-order valence-corrected chi connectivity index (χ2v) is 1.93. The molecule has 11 heavy (non-hydrogen) atoms. The minimum absolute atomic E-state index is 0. The number of rotatable bonds is 0. The Morgan fingerprint density at radius 2 is 2.00 bits per heavy atom. The van der Waals surface area contributed by atoms with Crippen molar-refractivity contribution in [3.05, 3.63) is 30.9 Å². The minimum Gasteiger partial charge on any atom is -0.253 e. The van der Waals surface area contributed by atoms with E-state index >= 15 is 0 Å².